The zero-order valence-electron chi connectivity index (χ0n) is 13.6. The molecule has 0 amide bonds. The number of hydrogen-bond donors (Lipinski definition) is 3. The molecule has 4 N–H and O–H groups in total. The maximum atomic E-state index is 9.64. The Hall–Kier alpha value is -1.59. The third-order valence-electron chi connectivity index (χ3n) is 4.19. The fourth-order valence-corrected chi connectivity index (χ4v) is 2.63. The van der Waals surface area contributed by atoms with Gasteiger partial charge in [-0.25, -0.2) is 4.99 Å². The zero-order chi connectivity index (χ0) is 15.9. The molecule has 5 heteroatoms. The Morgan fingerprint density at radius 1 is 1.45 bits per heavy atom. The van der Waals surface area contributed by atoms with Gasteiger partial charge in [0.25, 0.3) is 0 Å². The second-order valence-corrected chi connectivity index (χ2v) is 6.10. The molecule has 1 aliphatic rings. The van der Waals surface area contributed by atoms with Crippen LogP contribution in [-0.2, 0) is 13.1 Å². The van der Waals surface area contributed by atoms with E-state index in [1.54, 1.807) is 0 Å². The van der Waals surface area contributed by atoms with Gasteiger partial charge in [-0.2, -0.15) is 0 Å². The second kappa shape index (κ2) is 8.15. The summed E-state index contributed by atoms with van der Waals surface area (Å²) in [4.78, 5) is 6.73. The number of guanidine groups is 1. The Morgan fingerprint density at radius 3 is 2.82 bits per heavy atom. The van der Waals surface area contributed by atoms with Crippen LogP contribution >= 0.6 is 0 Å². The van der Waals surface area contributed by atoms with E-state index in [2.05, 4.69) is 47.3 Å². The molecule has 1 aromatic carbocycles. The van der Waals surface area contributed by atoms with Gasteiger partial charge in [-0.1, -0.05) is 31.2 Å². The molecule has 0 aromatic heterocycles. The second-order valence-electron chi connectivity index (χ2n) is 6.10. The Balaban J connectivity index is 1.97. The molecule has 122 valence electrons. The summed E-state index contributed by atoms with van der Waals surface area (Å²) in [6.07, 6.45) is 1.71. The quantitative estimate of drug-likeness (QED) is 0.549. The number of likely N-dealkylation sites (tertiary alicyclic amines) is 1. The normalized spacial score (nSPS) is 21.0. The van der Waals surface area contributed by atoms with E-state index in [9.17, 15) is 5.11 Å². The van der Waals surface area contributed by atoms with Crippen LogP contribution in [0.5, 0.6) is 0 Å². The van der Waals surface area contributed by atoms with Gasteiger partial charge in [0.1, 0.15) is 0 Å². The molecule has 1 aromatic rings. The van der Waals surface area contributed by atoms with Gasteiger partial charge in [-0.15, -0.1) is 0 Å². The number of aliphatic hydroxyl groups is 1. The number of aliphatic imine (C=N–C) groups is 1. The van der Waals surface area contributed by atoms with E-state index in [-0.39, 0.29) is 6.10 Å². The van der Waals surface area contributed by atoms with Crippen molar-refractivity contribution in [2.24, 2.45) is 10.7 Å². The van der Waals surface area contributed by atoms with E-state index in [0.717, 1.165) is 32.5 Å². The molecule has 0 saturated carbocycles. The highest BCUT2D eigenvalue weighted by atomic mass is 16.3. The Morgan fingerprint density at radius 2 is 2.18 bits per heavy atom. The summed E-state index contributed by atoms with van der Waals surface area (Å²) in [7, 11) is 0. The van der Waals surface area contributed by atoms with E-state index in [1.165, 1.54) is 11.1 Å². The molecule has 0 bridgehead atoms. The van der Waals surface area contributed by atoms with Crippen LogP contribution in [0.1, 0.15) is 37.8 Å². The molecule has 1 aliphatic heterocycles. The minimum absolute atomic E-state index is 0.180. The first-order valence-corrected chi connectivity index (χ1v) is 8.12. The van der Waals surface area contributed by atoms with Gasteiger partial charge >= 0.3 is 0 Å². The highest BCUT2D eigenvalue weighted by molar-refractivity contribution is 5.78. The van der Waals surface area contributed by atoms with E-state index in [1.807, 2.05) is 6.07 Å². The SMILES string of the molecule is CCC(C)NC(N)=NCc1ccccc1CN1CCC(O)C1. The summed E-state index contributed by atoms with van der Waals surface area (Å²) in [6, 6.07) is 8.65. The van der Waals surface area contributed by atoms with Crippen molar-refractivity contribution in [3.05, 3.63) is 35.4 Å². The smallest absolute Gasteiger partial charge is 0.189 e. The van der Waals surface area contributed by atoms with Crippen molar-refractivity contribution in [2.75, 3.05) is 13.1 Å². The van der Waals surface area contributed by atoms with Gasteiger partial charge < -0.3 is 16.2 Å². The molecule has 0 spiro atoms. The van der Waals surface area contributed by atoms with Crippen molar-refractivity contribution >= 4 is 5.96 Å². The Kier molecular flexibility index (Phi) is 6.21. The summed E-state index contributed by atoms with van der Waals surface area (Å²) in [6.45, 7) is 7.37. The van der Waals surface area contributed by atoms with Crippen LogP contribution in [0.3, 0.4) is 0 Å². The molecule has 0 radical (unpaired) electrons. The van der Waals surface area contributed by atoms with E-state index in [4.69, 9.17) is 5.73 Å². The minimum Gasteiger partial charge on any atom is -0.392 e. The number of hydrogen-bond acceptors (Lipinski definition) is 3. The first-order chi connectivity index (χ1) is 10.6. The molecular weight excluding hydrogens is 276 g/mol. The molecule has 22 heavy (non-hydrogen) atoms. The average Bonchev–Trinajstić information content (AvgIpc) is 2.91. The molecular formula is C17H28N4O. The van der Waals surface area contributed by atoms with E-state index < -0.39 is 0 Å². The van der Waals surface area contributed by atoms with Crippen LogP contribution in [0.4, 0.5) is 0 Å². The lowest BCUT2D eigenvalue weighted by Crippen LogP contribution is -2.38. The number of nitrogens with one attached hydrogen (secondary N) is 1. The lowest BCUT2D eigenvalue weighted by atomic mass is 10.1. The highest BCUT2D eigenvalue weighted by Crippen LogP contribution is 2.17. The van der Waals surface area contributed by atoms with Crippen molar-refractivity contribution in [1.82, 2.24) is 10.2 Å². The number of rotatable bonds is 6. The fraction of sp³-hybridized carbons (Fsp3) is 0.588. The van der Waals surface area contributed by atoms with Gasteiger partial charge in [-0.3, -0.25) is 4.90 Å². The first-order valence-electron chi connectivity index (χ1n) is 8.12. The molecule has 1 fully saturated rings. The van der Waals surface area contributed by atoms with Crippen LogP contribution in [-0.4, -0.2) is 41.2 Å². The number of nitrogens with two attached hydrogens (primary N) is 1. The summed E-state index contributed by atoms with van der Waals surface area (Å²) in [5.74, 6) is 0.501. The molecule has 1 saturated heterocycles. The number of aliphatic hydroxyl groups excluding tert-OH is 1. The average molecular weight is 304 g/mol. The van der Waals surface area contributed by atoms with Crippen LogP contribution in [0, 0.1) is 0 Å². The van der Waals surface area contributed by atoms with Crippen LogP contribution < -0.4 is 11.1 Å². The third kappa shape index (κ3) is 5.00. The topological polar surface area (TPSA) is 73.9 Å². The summed E-state index contributed by atoms with van der Waals surface area (Å²) >= 11 is 0. The maximum absolute atomic E-state index is 9.64. The molecule has 2 atom stereocenters. The standard InChI is InChI=1S/C17H28N4O/c1-3-13(2)20-17(18)19-10-14-6-4-5-7-15(14)11-21-9-8-16(22)12-21/h4-7,13,16,22H,3,8-12H2,1-2H3,(H3,18,19,20). The summed E-state index contributed by atoms with van der Waals surface area (Å²) in [5.41, 5.74) is 8.38. The fourth-order valence-electron chi connectivity index (χ4n) is 2.63. The van der Waals surface area contributed by atoms with Crippen molar-refractivity contribution in [1.29, 1.82) is 0 Å². The van der Waals surface area contributed by atoms with Gasteiger partial charge in [0.2, 0.25) is 0 Å². The highest BCUT2D eigenvalue weighted by Gasteiger charge is 2.20. The van der Waals surface area contributed by atoms with E-state index >= 15 is 0 Å². The van der Waals surface area contributed by atoms with Gasteiger partial charge in [0.15, 0.2) is 5.96 Å². The van der Waals surface area contributed by atoms with Gasteiger partial charge in [-0.05, 0) is 30.9 Å². The van der Waals surface area contributed by atoms with Crippen LogP contribution in [0.25, 0.3) is 0 Å². The molecule has 2 unspecified atom stereocenters. The Labute approximate surface area is 133 Å². The predicted molar refractivity (Wildman–Crippen MR) is 90.6 cm³/mol. The molecule has 2 rings (SSSR count). The largest absolute Gasteiger partial charge is 0.392 e. The van der Waals surface area contributed by atoms with Crippen molar-refractivity contribution in [3.8, 4) is 0 Å². The number of benzene rings is 1. The number of β-amino-alcohol motifs (C(OH)–C–C–N with tert-alkyl or cyclic N) is 1. The molecule has 5 nitrogen and oxygen atoms in total. The maximum Gasteiger partial charge on any atom is 0.189 e. The van der Waals surface area contributed by atoms with Crippen molar-refractivity contribution in [3.63, 3.8) is 0 Å². The van der Waals surface area contributed by atoms with Crippen molar-refractivity contribution in [2.45, 2.75) is 51.9 Å². The minimum atomic E-state index is -0.180. The number of nitrogens with zero attached hydrogens (tertiary/aromatic N) is 2. The summed E-state index contributed by atoms with van der Waals surface area (Å²) in [5, 5.41) is 12.8. The Bertz CT molecular complexity index is 503. The monoisotopic (exact) mass is 304 g/mol. The van der Waals surface area contributed by atoms with Gasteiger partial charge in [0, 0.05) is 25.7 Å². The van der Waals surface area contributed by atoms with E-state index in [0.29, 0.717) is 18.5 Å². The third-order valence-corrected chi connectivity index (χ3v) is 4.19. The lowest BCUT2D eigenvalue weighted by Gasteiger charge is -2.17. The van der Waals surface area contributed by atoms with Gasteiger partial charge in [0.05, 0.1) is 12.6 Å². The lowest BCUT2D eigenvalue weighted by molar-refractivity contribution is 0.174. The van der Waals surface area contributed by atoms with Crippen LogP contribution in [0.2, 0.25) is 0 Å². The first kappa shape index (κ1) is 16.8. The zero-order valence-corrected chi connectivity index (χ0v) is 13.6. The predicted octanol–water partition coefficient (Wildman–Crippen LogP) is 1.46. The van der Waals surface area contributed by atoms with Crippen LogP contribution in [0.15, 0.2) is 29.3 Å². The summed E-state index contributed by atoms with van der Waals surface area (Å²) < 4.78 is 0. The van der Waals surface area contributed by atoms with Crippen molar-refractivity contribution < 1.29 is 5.11 Å². The molecule has 1 heterocycles. The molecule has 0 aliphatic carbocycles.